The quantitative estimate of drug-likeness (QED) is 0.385. The molecule has 10 heteroatoms. The van der Waals surface area contributed by atoms with Gasteiger partial charge in [-0.2, -0.15) is 0 Å². The number of rotatable bonds is 6. The maximum absolute atomic E-state index is 15.9. The van der Waals surface area contributed by atoms with E-state index in [1.54, 1.807) is 22.8 Å². The minimum absolute atomic E-state index is 0.0413. The van der Waals surface area contributed by atoms with E-state index in [1.165, 1.54) is 12.3 Å². The van der Waals surface area contributed by atoms with Crippen molar-refractivity contribution in [3.8, 4) is 17.2 Å². The van der Waals surface area contributed by atoms with E-state index in [0.717, 1.165) is 45.6 Å². The van der Waals surface area contributed by atoms with Crippen LogP contribution < -0.4 is 20.4 Å². The molecule has 0 spiro atoms. The van der Waals surface area contributed by atoms with Crippen LogP contribution in [0.15, 0.2) is 35.3 Å². The number of hydrogen-bond acceptors (Lipinski definition) is 6. The lowest BCUT2D eigenvalue weighted by molar-refractivity contribution is 0.0948. The topological polar surface area (TPSA) is 70.1 Å². The standard InChI is InChI=1S/C29H33ClFN5O3/c1-18(2)34-11-13-35(14-12-34)26-22(31)16-20-25-28(26)39-24-6-5-19(30)15-23(24)36(25)17-21(27(20)37)29(38)32-7-10-33-8-3-4-9-33/h5-6,15-18H,3-4,7-14H2,1-2H3,(H,32,38). The molecular weight excluding hydrogens is 521 g/mol. The summed E-state index contributed by atoms with van der Waals surface area (Å²) in [5.41, 5.74) is 0.799. The molecule has 3 aliphatic rings. The first kappa shape index (κ1) is 26.1. The van der Waals surface area contributed by atoms with Crippen molar-refractivity contribution >= 4 is 34.1 Å². The molecule has 1 N–H and O–H groups in total. The average molecular weight is 554 g/mol. The molecule has 2 aromatic carbocycles. The first-order valence-electron chi connectivity index (χ1n) is 13.7. The number of carbonyl (C=O) groups excluding carboxylic acids is 1. The second-order valence-corrected chi connectivity index (χ2v) is 11.2. The Morgan fingerprint density at radius 3 is 2.56 bits per heavy atom. The fourth-order valence-electron chi connectivity index (χ4n) is 5.93. The number of pyridine rings is 1. The molecule has 0 aliphatic carbocycles. The monoisotopic (exact) mass is 553 g/mol. The minimum atomic E-state index is -0.539. The number of piperazine rings is 1. The number of nitrogens with one attached hydrogen (secondary N) is 1. The third-order valence-corrected chi connectivity index (χ3v) is 8.32. The summed E-state index contributed by atoms with van der Waals surface area (Å²) in [6.45, 7) is 10.4. The molecule has 6 rings (SSSR count). The van der Waals surface area contributed by atoms with Gasteiger partial charge in [0, 0.05) is 56.5 Å². The Kier molecular flexibility index (Phi) is 6.99. The number of hydrogen-bond donors (Lipinski definition) is 1. The van der Waals surface area contributed by atoms with Crippen LogP contribution in [0.1, 0.15) is 37.0 Å². The molecular formula is C29H33ClFN5O3. The van der Waals surface area contributed by atoms with Crippen molar-refractivity contribution in [1.82, 2.24) is 19.7 Å². The van der Waals surface area contributed by atoms with E-state index in [0.29, 0.717) is 53.3 Å². The van der Waals surface area contributed by atoms with Gasteiger partial charge in [0.25, 0.3) is 5.91 Å². The van der Waals surface area contributed by atoms with Gasteiger partial charge in [-0.3, -0.25) is 14.5 Å². The highest BCUT2D eigenvalue weighted by molar-refractivity contribution is 6.30. The zero-order chi connectivity index (χ0) is 27.3. The van der Waals surface area contributed by atoms with Crippen molar-refractivity contribution < 1.29 is 13.9 Å². The van der Waals surface area contributed by atoms with Gasteiger partial charge in [0.15, 0.2) is 17.3 Å². The molecule has 0 atom stereocenters. The molecule has 1 aromatic heterocycles. The Morgan fingerprint density at radius 2 is 1.85 bits per heavy atom. The summed E-state index contributed by atoms with van der Waals surface area (Å²) in [7, 11) is 0. The summed E-state index contributed by atoms with van der Waals surface area (Å²) >= 11 is 6.33. The maximum Gasteiger partial charge on any atom is 0.256 e. The van der Waals surface area contributed by atoms with E-state index in [1.807, 2.05) is 4.90 Å². The number of carbonyl (C=O) groups is 1. The maximum atomic E-state index is 15.9. The van der Waals surface area contributed by atoms with Crippen LogP contribution in [0.5, 0.6) is 11.5 Å². The van der Waals surface area contributed by atoms with Crippen LogP contribution in [-0.4, -0.2) is 78.7 Å². The first-order valence-corrected chi connectivity index (χ1v) is 14.1. The summed E-state index contributed by atoms with van der Waals surface area (Å²) in [6, 6.07) is 6.82. The predicted octanol–water partition coefficient (Wildman–Crippen LogP) is 4.24. The zero-order valence-electron chi connectivity index (χ0n) is 22.3. The molecule has 2 fully saturated rings. The predicted molar refractivity (Wildman–Crippen MR) is 152 cm³/mol. The largest absolute Gasteiger partial charge is 0.451 e. The number of anilines is 1. The first-order chi connectivity index (χ1) is 18.8. The number of likely N-dealkylation sites (tertiary alicyclic amines) is 1. The fraction of sp³-hybridized carbons (Fsp3) is 0.448. The molecule has 2 saturated heterocycles. The smallest absolute Gasteiger partial charge is 0.256 e. The van der Waals surface area contributed by atoms with E-state index in [2.05, 4.69) is 29.0 Å². The van der Waals surface area contributed by atoms with E-state index >= 15 is 4.39 Å². The van der Waals surface area contributed by atoms with Crippen LogP contribution in [0, 0.1) is 5.82 Å². The van der Waals surface area contributed by atoms with E-state index in [-0.39, 0.29) is 16.7 Å². The molecule has 206 valence electrons. The second-order valence-electron chi connectivity index (χ2n) is 10.8. The average Bonchev–Trinajstić information content (AvgIpc) is 3.44. The van der Waals surface area contributed by atoms with Gasteiger partial charge in [-0.15, -0.1) is 0 Å². The van der Waals surface area contributed by atoms with E-state index in [9.17, 15) is 9.59 Å². The van der Waals surface area contributed by atoms with Crippen LogP contribution in [-0.2, 0) is 0 Å². The number of aromatic nitrogens is 1. The zero-order valence-corrected chi connectivity index (χ0v) is 23.1. The van der Waals surface area contributed by atoms with Gasteiger partial charge in [0.05, 0.1) is 11.1 Å². The summed E-state index contributed by atoms with van der Waals surface area (Å²) < 4.78 is 23.9. The molecule has 3 aliphatic heterocycles. The van der Waals surface area contributed by atoms with Crippen LogP contribution >= 0.6 is 11.6 Å². The van der Waals surface area contributed by atoms with Crippen molar-refractivity contribution in [2.75, 3.05) is 57.3 Å². The third-order valence-electron chi connectivity index (χ3n) is 8.08. The molecule has 39 heavy (non-hydrogen) atoms. The van der Waals surface area contributed by atoms with Crippen LogP contribution in [0.4, 0.5) is 10.1 Å². The fourth-order valence-corrected chi connectivity index (χ4v) is 6.09. The lowest BCUT2D eigenvalue weighted by Gasteiger charge is -2.39. The van der Waals surface area contributed by atoms with Crippen LogP contribution in [0.25, 0.3) is 16.6 Å². The Hall–Kier alpha value is -3.14. The third kappa shape index (κ3) is 4.77. The Labute approximate surface area is 231 Å². The summed E-state index contributed by atoms with van der Waals surface area (Å²) in [4.78, 5) is 33.5. The lowest BCUT2D eigenvalue weighted by atomic mass is 10.0. The van der Waals surface area contributed by atoms with Gasteiger partial charge >= 0.3 is 0 Å². The van der Waals surface area contributed by atoms with Crippen molar-refractivity contribution in [2.24, 2.45) is 0 Å². The molecule has 0 bridgehead atoms. The van der Waals surface area contributed by atoms with Gasteiger partial charge in [-0.1, -0.05) is 11.6 Å². The Balaban J connectivity index is 1.44. The number of amides is 1. The highest BCUT2D eigenvalue weighted by Crippen LogP contribution is 2.47. The number of ether oxygens (including phenoxy) is 1. The molecule has 0 saturated carbocycles. The van der Waals surface area contributed by atoms with Gasteiger partial charge < -0.3 is 24.4 Å². The summed E-state index contributed by atoms with van der Waals surface area (Å²) in [6.07, 6.45) is 3.86. The SMILES string of the molecule is CC(C)N1CCN(c2c(F)cc3c(=O)c(C(=O)NCCN4CCCC4)cn4c3c2Oc2ccc(Cl)cc2-4)CC1. The highest BCUT2D eigenvalue weighted by Gasteiger charge is 2.32. The van der Waals surface area contributed by atoms with Crippen molar-refractivity contribution in [1.29, 1.82) is 0 Å². The van der Waals surface area contributed by atoms with Crippen molar-refractivity contribution in [3.63, 3.8) is 0 Å². The molecule has 3 aromatic rings. The lowest BCUT2D eigenvalue weighted by Crippen LogP contribution is -2.49. The summed E-state index contributed by atoms with van der Waals surface area (Å²) in [5, 5.41) is 3.47. The van der Waals surface area contributed by atoms with Gasteiger partial charge in [-0.25, -0.2) is 4.39 Å². The molecule has 0 unspecified atom stereocenters. The van der Waals surface area contributed by atoms with Crippen molar-refractivity contribution in [2.45, 2.75) is 32.7 Å². The minimum Gasteiger partial charge on any atom is -0.451 e. The van der Waals surface area contributed by atoms with E-state index in [4.69, 9.17) is 16.3 Å². The number of nitrogens with zero attached hydrogens (tertiary/aromatic N) is 4. The molecule has 4 heterocycles. The molecule has 8 nitrogen and oxygen atoms in total. The summed E-state index contributed by atoms with van der Waals surface area (Å²) in [5.74, 6) is -0.250. The Morgan fingerprint density at radius 1 is 1.10 bits per heavy atom. The van der Waals surface area contributed by atoms with Gasteiger partial charge in [0.1, 0.15) is 16.8 Å². The number of fused-ring (bicyclic) bond motifs is 2. The van der Waals surface area contributed by atoms with Crippen LogP contribution in [0.2, 0.25) is 5.02 Å². The molecule has 0 radical (unpaired) electrons. The number of benzene rings is 2. The van der Waals surface area contributed by atoms with Gasteiger partial charge in [0.2, 0.25) is 5.43 Å². The normalized spacial score (nSPS) is 17.5. The second kappa shape index (κ2) is 10.4. The van der Waals surface area contributed by atoms with Gasteiger partial charge in [-0.05, 0) is 64.0 Å². The molecule has 1 amide bonds. The van der Waals surface area contributed by atoms with E-state index < -0.39 is 17.2 Å². The number of halogens is 2. The van der Waals surface area contributed by atoms with Crippen molar-refractivity contribution in [3.05, 3.63) is 57.1 Å². The Bertz CT molecular complexity index is 1490. The highest BCUT2D eigenvalue weighted by atomic mass is 35.5. The van der Waals surface area contributed by atoms with Crippen LogP contribution in [0.3, 0.4) is 0 Å².